The van der Waals surface area contributed by atoms with E-state index in [2.05, 4.69) is 33.1 Å². The summed E-state index contributed by atoms with van der Waals surface area (Å²) in [5.41, 5.74) is 3.03. The van der Waals surface area contributed by atoms with Gasteiger partial charge >= 0.3 is 17.1 Å². The summed E-state index contributed by atoms with van der Waals surface area (Å²) in [5, 5.41) is 8.45. The minimum absolute atomic E-state index is 0. The Kier molecular flexibility index (Phi) is 15.4. The van der Waals surface area contributed by atoms with Crippen molar-refractivity contribution in [3.05, 3.63) is 89.5 Å². The second kappa shape index (κ2) is 18.6. The molecule has 1 aliphatic heterocycles. The van der Waals surface area contributed by atoms with Crippen LogP contribution < -0.4 is 20.7 Å². The van der Waals surface area contributed by atoms with Gasteiger partial charge in [0, 0.05) is 38.0 Å². The molecule has 0 bridgehead atoms. The predicted octanol–water partition coefficient (Wildman–Crippen LogP) is 5.29. The van der Waals surface area contributed by atoms with Crippen LogP contribution in [0.25, 0.3) is 12.2 Å². The maximum absolute atomic E-state index is 11.3. The van der Waals surface area contributed by atoms with Crippen LogP contribution in [0, 0.1) is 6.42 Å². The van der Waals surface area contributed by atoms with E-state index in [1.807, 2.05) is 77.4 Å². The van der Waals surface area contributed by atoms with Crippen LogP contribution in [0.5, 0.6) is 5.88 Å². The SMILES string of the molecule is CNc1ccc(/C=C/c2ccc(OC(C)(C)COC(C)(C)CCNc3cccc([C-]=O)c3[C-]=O)nc2)cc1.O=C1[CH-]CCC(=O)N1.[Mn+3]. The van der Waals surface area contributed by atoms with Crippen molar-refractivity contribution < 1.29 is 45.7 Å². The summed E-state index contributed by atoms with van der Waals surface area (Å²) in [6.45, 7) is 8.81. The van der Waals surface area contributed by atoms with Gasteiger partial charge in [-0.15, -0.1) is 17.8 Å². The van der Waals surface area contributed by atoms with Gasteiger partial charge in [0.1, 0.15) is 5.60 Å². The Morgan fingerprint density at radius 2 is 1.66 bits per heavy atom. The topological polar surface area (TPSA) is 136 Å². The van der Waals surface area contributed by atoms with E-state index in [0.29, 0.717) is 44.0 Å². The number of nitrogens with zero attached hydrogens (tertiary/aromatic N) is 1. The average molecular weight is 681 g/mol. The molecular weight excluding hydrogens is 639 g/mol. The molecule has 248 valence electrons. The number of benzene rings is 2. The zero-order chi connectivity index (χ0) is 33.6. The van der Waals surface area contributed by atoms with E-state index < -0.39 is 11.2 Å². The molecule has 2 amide bonds. The van der Waals surface area contributed by atoms with E-state index in [0.717, 1.165) is 16.8 Å². The number of piperidine rings is 1. The van der Waals surface area contributed by atoms with Crippen molar-refractivity contribution in [2.45, 2.75) is 58.2 Å². The zero-order valence-electron chi connectivity index (χ0n) is 27.3. The van der Waals surface area contributed by atoms with Crippen LogP contribution >= 0.6 is 0 Å². The summed E-state index contributed by atoms with van der Waals surface area (Å²) in [7, 11) is 1.90. The number of carbonyl (C=O) groups excluding carboxylic acids is 4. The van der Waals surface area contributed by atoms with Crippen molar-refractivity contribution in [2.75, 3.05) is 30.8 Å². The Morgan fingerprint density at radius 3 is 2.23 bits per heavy atom. The van der Waals surface area contributed by atoms with E-state index in [-0.39, 0.29) is 40.0 Å². The first-order valence-electron chi connectivity index (χ1n) is 15.0. The number of anilines is 2. The van der Waals surface area contributed by atoms with Crippen molar-refractivity contribution in [3.8, 4) is 5.88 Å². The molecule has 4 rings (SSSR count). The number of ether oxygens (including phenoxy) is 2. The molecule has 10 nitrogen and oxygen atoms in total. The van der Waals surface area contributed by atoms with Gasteiger partial charge in [0.25, 0.3) is 0 Å². The number of carbonyl (C=O) groups is 2. The molecule has 2 aromatic carbocycles. The fourth-order valence-electron chi connectivity index (χ4n) is 4.24. The van der Waals surface area contributed by atoms with Crippen molar-refractivity contribution in [1.82, 2.24) is 10.3 Å². The smallest absolute Gasteiger partial charge is 0.469 e. The summed E-state index contributed by atoms with van der Waals surface area (Å²) in [4.78, 5) is 47.4. The molecule has 0 radical (unpaired) electrons. The fraction of sp³-hybridized carbons (Fsp3) is 0.333. The number of hydrogen-bond donors (Lipinski definition) is 3. The Hall–Kier alpha value is -4.44. The monoisotopic (exact) mass is 680 g/mol. The van der Waals surface area contributed by atoms with Crippen LogP contribution in [-0.2, 0) is 41.0 Å². The molecule has 3 aromatic rings. The third-order valence-corrected chi connectivity index (χ3v) is 6.90. The van der Waals surface area contributed by atoms with Crippen molar-refractivity contribution >= 4 is 47.9 Å². The van der Waals surface area contributed by atoms with Crippen molar-refractivity contribution in [3.63, 3.8) is 0 Å². The van der Waals surface area contributed by atoms with Gasteiger partial charge in [-0.3, -0.25) is 10.4 Å². The van der Waals surface area contributed by atoms with E-state index >= 15 is 0 Å². The Morgan fingerprint density at radius 1 is 0.957 bits per heavy atom. The van der Waals surface area contributed by atoms with Gasteiger partial charge in [0.05, 0.1) is 18.1 Å². The molecule has 47 heavy (non-hydrogen) atoms. The quantitative estimate of drug-likeness (QED) is 0.118. The number of imide groups is 1. The van der Waals surface area contributed by atoms with Gasteiger partial charge in [0.15, 0.2) is 0 Å². The number of pyridine rings is 1. The Bertz CT molecular complexity index is 1490. The molecule has 1 aromatic heterocycles. The molecule has 1 aliphatic rings. The molecule has 0 unspecified atom stereocenters. The predicted molar refractivity (Wildman–Crippen MR) is 180 cm³/mol. The largest absolute Gasteiger partial charge is 3.00 e. The van der Waals surface area contributed by atoms with Crippen LogP contribution in [0.1, 0.15) is 69.2 Å². The minimum atomic E-state index is -0.599. The van der Waals surface area contributed by atoms with E-state index in [1.165, 1.54) is 12.5 Å². The number of rotatable bonds is 14. The van der Waals surface area contributed by atoms with Gasteiger partial charge in [-0.25, -0.2) is 16.6 Å². The van der Waals surface area contributed by atoms with Gasteiger partial charge < -0.3 is 46.2 Å². The fourth-order valence-corrected chi connectivity index (χ4v) is 4.24. The van der Waals surface area contributed by atoms with Gasteiger partial charge in [-0.1, -0.05) is 24.3 Å². The van der Waals surface area contributed by atoms with Crippen LogP contribution in [-0.4, -0.2) is 60.8 Å². The van der Waals surface area contributed by atoms with Crippen molar-refractivity contribution in [1.29, 1.82) is 0 Å². The summed E-state index contributed by atoms with van der Waals surface area (Å²) < 4.78 is 12.3. The summed E-state index contributed by atoms with van der Waals surface area (Å²) in [6.07, 6.45) is 12.6. The third kappa shape index (κ3) is 13.4. The molecule has 3 N–H and O–H groups in total. The molecule has 0 saturated carbocycles. The molecule has 0 aliphatic carbocycles. The summed E-state index contributed by atoms with van der Waals surface area (Å²) >= 11 is 0. The van der Waals surface area contributed by atoms with Crippen LogP contribution in [0.2, 0.25) is 0 Å². The third-order valence-electron chi connectivity index (χ3n) is 6.90. The number of amides is 2. The second-order valence-electron chi connectivity index (χ2n) is 11.8. The number of nitrogens with one attached hydrogen (secondary N) is 3. The molecular formula is C36H41MnN4O6. The number of aromatic nitrogens is 1. The standard InChI is InChI=1S/C31H35N3O4.C5H6NO2.Mn/c1-30(2,17-18-33-28-8-6-7-25(20-35)27(28)21-36)37-22-31(3,4)38-29-16-13-24(19-34-29)10-9-23-11-14-26(32-5)15-12-23;7-4-2-1-3-5(8)6-4;/h6-16,19,32-33H,17-18,22H2,1-5H3;2H,1,3H2,(H,6,7,8);/q-2;-1;+3/b10-9+;;. The maximum Gasteiger partial charge on any atom is 3.00 e. The summed E-state index contributed by atoms with van der Waals surface area (Å²) in [6, 6.07) is 17.0. The second-order valence-corrected chi connectivity index (χ2v) is 11.8. The van der Waals surface area contributed by atoms with Gasteiger partial charge in [0.2, 0.25) is 11.8 Å². The average Bonchev–Trinajstić information content (AvgIpc) is 3.03. The van der Waals surface area contributed by atoms with Crippen LogP contribution in [0.4, 0.5) is 11.4 Å². The molecule has 0 atom stereocenters. The van der Waals surface area contributed by atoms with Crippen LogP contribution in [0.3, 0.4) is 0 Å². The zero-order valence-corrected chi connectivity index (χ0v) is 28.5. The van der Waals surface area contributed by atoms with E-state index in [1.54, 1.807) is 24.6 Å². The first kappa shape index (κ1) is 38.7. The molecule has 11 heteroatoms. The molecule has 1 saturated heterocycles. The van der Waals surface area contributed by atoms with Crippen LogP contribution in [0.15, 0.2) is 60.8 Å². The maximum atomic E-state index is 11.3. The molecule has 0 spiro atoms. The number of hydrogen-bond acceptors (Lipinski definition) is 9. The first-order chi connectivity index (χ1) is 21.9. The minimum Gasteiger partial charge on any atom is -0.469 e. The van der Waals surface area contributed by atoms with Gasteiger partial charge in [-0.05, 0) is 76.0 Å². The van der Waals surface area contributed by atoms with Crippen molar-refractivity contribution in [2.24, 2.45) is 0 Å². The Balaban J connectivity index is 0.000000744. The van der Waals surface area contributed by atoms with E-state index in [4.69, 9.17) is 9.47 Å². The Labute approximate surface area is 287 Å². The first-order valence-corrected chi connectivity index (χ1v) is 15.0. The summed E-state index contributed by atoms with van der Waals surface area (Å²) in [5.74, 6) is 0.0943. The van der Waals surface area contributed by atoms with Gasteiger partial charge in [-0.2, -0.15) is 6.42 Å². The molecule has 1 fully saturated rings. The molecule has 2 heterocycles. The normalized spacial score (nSPS) is 12.9. The van der Waals surface area contributed by atoms with E-state index in [9.17, 15) is 19.2 Å².